The van der Waals surface area contributed by atoms with E-state index in [1.54, 1.807) is 0 Å². The Hall–Kier alpha value is -1.26. The Bertz CT molecular complexity index is 276. The standard InChI is InChI=1S/C9H15N3O3/c1-3-15-8-5-6(9(13)14-2)4-7(8)11-12-10/h6-8H,3-5H2,1-2H3/t6-,7+,8+/m1/s1. The molecular formula is C9H15N3O3. The van der Waals surface area contributed by atoms with Crippen molar-refractivity contribution in [1.82, 2.24) is 0 Å². The largest absolute Gasteiger partial charge is 0.469 e. The molecule has 0 aromatic heterocycles. The first kappa shape index (κ1) is 11.8. The zero-order chi connectivity index (χ0) is 11.3. The Labute approximate surface area is 88.2 Å². The molecule has 3 atom stereocenters. The molecule has 1 fully saturated rings. The van der Waals surface area contributed by atoms with Gasteiger partial charge in [0, 0.05) is 11.5 Å². The molecule has 1 rings (SSSR count). The maximum absolute atomic E-state index is 11.3. The van der Waals surface area contributed by atoms with Gasteiger partial charge >= 0.3 is 5.97 Å². The van der Waals surface area contributed by atoms with Crippen molar-refractivity contribution in [2.75, 3.05) is 13.7 Å². The maximum atomic E-state index is 11.3. The first-order valence-corrected chi connectivity index (χ1v) is 4.96. The van der Waals surface area contributed by atoms with Gasteiger partial charge in [0.25, 0.3) is 0 Å². The van der Waals surface area contributed by atoms with Crippen LogP contribution in [0.3, 0.4) is 0 Å². The normalized spacial score (nSPS) is 29.6. The molecule has 0 saturated heterocycles. The number of methoxy groups -OCH3 is 1. The average Bonchev–Trinajstić information content (AvgIpc) is 2.62. The van der Waals surface area contributed by atoms with E-state index in [9.17, 15) is 4.79 Å². The summed E-state index contributed by atoms with van der Waals surface area (Å²) in [4.78, 5) is 14.1. The number of hydrogen-bond donors (Lipinski definition) is 0. The Morgan fingerprint density at radius 1 is 1.60 bits per heavy atom. The summed E-state index contributed by atoms with van der Waals surface area (Å²) in [7, 11) is 1.36. The summed E-state index contributed by atoms with van der Waals surface area (Å²) in [5.74, 6) is -0.461. The highest BCUT2D eigenvalue weighted by atomic mass is 16.5. The van der Waals surface area contributed by atoms with Crippen molar-refractivity contribution in [3.05, 3.63) is 10.4 Å². The number of carbonyl (C=O) groups excluding carboxylic acids is 1. The molecule has 15 heavy (non-hydrogen) atoms. The van der Waals surface area contributed by atoms with Gasteiger partial charge in [-0.1, -0.05) is 5.11 Å². The van der Waals surface area contributed by atoms with Crippen molar-refractivity contribution in [1.29, 1.82) is 0 Å². The van der Waals surface area contributed by atoms with E-state index in [2.05, 4.69) is 14.8 Å². The predicted molar refractivity (Wildman–Crippen MR) is 53.1 cm³/mol. The smallest absolute Gasteiger partial charge is 0.308 e. The van der Waals surface area contributed by atoms with Gasteiger partial charge in [0.2, 0.25) is 0 Å². The van der Waals surface area contributed by atoms with Gasteiger partial charge < -0.3 is 9.47 Å². The molecule has 0 bridgehead atoms. The van der Waals surface area contributed by atoms with Crippen LogP contribution in [-0.2, 0) is 14.3 Å². The van der Waals surface area contributed by atoms with Crippen LogP contribution in [0.2, 0.25) is 0 Å². The molecular weight excluding hydrogens is 198 g/mol. The number of carbonyl (C=O) groups is 1. The van der Waals surface area contributed by atoms with Crippen LogP contribution in [-0.4, -0.2) is 31.8 Å². The Balaban J connectivity index is 2.64. The predicted octanol–water partition coefficient (Wildman–Crippen LogP) is 1.65. The molecule has 1 saturated carbocycles. The zero-order valence-corrected chi connectivity index (χ0v) is 8.92. The van der Waals surface area contributed by atoms with E-state index >= 15 is 0 Å². The molecule has 0 aromatic rings. The van der Waals surface area contributed by atoms with Gasteiger partial charge in [-0.2, -0.15) is 0 Å². The molecule has 0 unspecified atom stereocenters. The minimum atomic E-state index is -0.254. The Morgan fingerprint density at radius 2 is 2.33 bits per heavy atom. The van der Waals surface area contributed by atoms with Crippen LogP contribution in [0.1, 0.15) is 19.8 Å². The summed E-state index contributed by atoms with van der Waals surface area (Å²) in [6.45, 7) is 2.43. The van der Waals surface area contributed by atoms with Crippen molar-refractivity contribution in [3.8, 4) is 0 Å². The zero-order valence-electron chi connectivity index (χ0n) is 8.92. The monoisotopic (exact) mass is 213 g/mol. The van der Waals surface area contributed by atoms with Crippen molar-refractivity contribution in [2.45, 2.75) is 31.9 Å². The second-order valence-electron chi connectivity index (χ2n) is 3.46. The van der Waals surface area contributed by atoms with E-state index in [1.807, 2.05) is 6.92 Å². The highest BCUT2D eigenvalue weighted by Gasteiger charge is 2.38. The van der Waals surface area contributed by atoms with Gasteiger partial charge in [0.05, 0.1) is 25.2 Å². The van der Waals surface area contributed by atoms with E-state index in [4.69, 9.17) is 10.3 Å². The summed E-state index contributed by atoms with van der Waals surface area (Å²) in [5.41, 5.74) is 8.38. The van der Waals surface area contributed by atoms with Crippen LogP contribution in [0.25, 0.3) is 10.4 Å². The number of hydrogen-bond acceptors (Lipinski definition) is 4. The third kappa shape index (κ3) is 2.84. The fourth-order valence-electron chi connectivity index (χ4n) is 1.92. The van der Waals surface area contributed by atoms with Crippen LogP contribution in [0.15, 0.2) is 5.11 Å². The van der Waals surface area contributed by atoms with Gasteiger partial charge in [-0.25, -0.2) is 0 Å². The summed E-state index contributed by atoms with van der Waals surface area (Å²) in [6.07, 6.45) is 0.931. The first-order valence-electron chi connectivity index (χ1n) is 4.96. The second-order valence-corrected chi connectivity index (χ2v) is 3.46. The van der Waals surface area contributed by atoms with Gasteiger partial charge in [0.15, 0.2) is 0 Å². The molecule has 84 valence electrons. The molecule has 6 nitrogen and oxygen atoms in total. The fraction of sp³-hybridized carbons (Fsp3) is 0.889. The average molecular weight is 213 g/mol. The van der Waals surface area contributed by atoms with E-state index in [0.29, 0.717) is 19.4 Å². The first-order chi connectivity index (χ1) is 7.22. The number of rotatable bonds is 4. The molecule has 0 heterocycles. The lowest BCUT2D eigenvalue weighted by molar-refractivity contribution is -0.145. The lowest BCUT2D eigenvalue weighted by Crippen LogP contribution is -2.20. The van der Waals surface area contributed by atoms with Crippen molar-refractivity contribution in [2.24, 2.45) is 11.0 Å². The van der Waals surface area contributed by atoms with Crippen molar-refractivity contribution in [3.63, 3.8) is 0 Å². The molecule has 0 aromatic carbocycles. The van der Waals surface area contributed by atoms with Gasteiger partial charge in [-0.05, 0) is 25.3 Å². The van der Waals surface area contributed by atoms with E-state index in [0.717, 1.165) is 0 Å². The van der Waals surface area contributed by atoms with Crippen molar-refractivity contribution < 1.29 is 14.3 Å². The number of esters is 1. The molecule has 0 spiro atoms. The number of nitrogens with zero attached hydrogens (tertiary/aromatic N) is 3. The third-order valence-corrected chi connectivity index (χ3v) is 2.59. The van der Waals surface area contributed by atoms with Gasteiger partial charge in [-0.15, -0.1) is 0 Å². The number of azide groups is 1. The quantitative estimate of drug-likeness (QED) is 0.308. The second kappa shape index (κ2) is 5.58. The third-order valence-electron chi connectivity index (χ3n) is 2.59. The summed E-state index contributed by atoms with van der Waals surface area (Å²) in [5, 5.41) is 3.64. The van der Waals surface area contributed by atoms with E-state index in [1.165, 1.54) is 7.11 Å². The van der Waals surface area contributed by atoms with Gasteiger partial charge in [0.1, 0.15) is 0 Å². The summed E-state index contributed by atoms with van der Waals surface area (Å²) in [6, 6.07) is -0.251. The number of ether oxygens (including phenoxy) is 2. The minimum absolute atomic E-state index is 0.157. The fourth-order valence-corrected chi connectivity index (χ4v) is 1.92. The van der Waals surface area contributed by atoms with Crippen LogP contribution >= 0.6 is 0 Å². The maximum Gasteiger partial charge on any atom is 0.308 e. The van der Waals surface area contributed by atoms with Crippen molar-refractivity contribution >= 4 is 5.97 Å². The molecule has 6 heteroatoms. The SMILES string of the molecule is CCO[C@H]1C[C@H](C(=O)OC)C[C@@H]1N=[N+]=[N-]. The molecule has 1 aliphatic rings. The molecule has 0 aliphatic heterocycles. The highest BCUT2D eigenvalue weighted by Crippen LogP contribution is 2.31. The summed E-state index contributed by atoms with van der Waals surface area (Å²) < 4.78 is 10.1. The van der Waals surface area contributed by atoms with Gasteiger partial charge in [-0.3, -0.25) is 4.79 Å². The minimum Gasteiger partial charge on any atom is -0.469 e. The van der Waals surface area contributed by atoms with Crippen LogP contribution < -0.4 is 0 Å². The van der Waals surface area contributed by atoms with Crippen LogP contribution in [0.5, 0.6) is 0 Å². The van der Waals surface area contributed by atoms with Crippen LogP contribution in [0.4, 0.5) is 0 Å². The molecule has 0 radical (unpaired) electrons. The molecule has 0 N–H and O–H groups in total. The Morgan fingerprint density at radius 3 is 2.87 bits per heavy atom. The summed E-state index contributed by atoms with van der Waals surface area (Å²) >= 11 is 0. The van der Waals surface area contributed by atoms with Crippen LogP contribution in [0, 0.1) is 5.92 Å². The molecule has 1 aliphatic carbocycles. The molecule has 0 amide bonds. The Kier molecular flexibility index (Phi) is 4.39. The lowest BCUT2D eigenvalue weighted by atomic mass is 10.1. The highest BCUT2D eigenvalue weighted by molar-refractivity contribution is 5.72. The van der Waals surface area contributed by atoms with E-state index < -0.39 is 0 Å². The topological polar surface area (TPSA) is 84.3 Å². The lowest BCUT2D eigenvalue weighted by Gasteiger charge is -2.13. The van der Waals surface area contributed by atoms with E-state index in [-0.39, 0.29) is 24.0 Å².